The minimum Gasteiger partial charge on any atom is -0.465 e. The van der Waals surface area contributed by atoms with Gasteiger partial charge in [-0.15, -0.1) is 0 Å². The van der Waals surface area contributed by atoms with Crippen molar-refractivity contribution in [2.45, 2.75) is 19.4 Å². The predicted molar refractivity (Wildman–Crippen MR) is 55.1 cm³/mol. The van der Waals surface area contributed by atoms with Crippen LogP contribution in [0, 0.1) is 5.92 Å². The van der Waals surface area contributed by atoms with Crippen molar-refractivity contribution in [3.8, 4) is 0 Å². The molecule has 1 saturated heterocycles. The quantitative estimate of drug-likeness (QED) is 0.653. The molecule has 2 unspecified atom stereocenters. The van der Waals surface area contributed by atoms with E-state index in [0.717, 1.165) is 19.5 Å². The van der Waals surface area contributed by atoms with E-state index in [0.29, 0.717) is 12.5 Å². The summed E-state index contributed by atoms with van der Waals surface area (Å²) in [5.41, 5.74) is 0. The Hall–Kier alpha value is -0.610. The summed E-state index contributed by atoms with van der Waals surface area (Å²) < 4.78 is 5.02. The molecule has 1 aliphatic rings. The van der Waals surface area contributed by atoms with Gasteiger partial charge in [0.15, 0.2) is 0 Å². The number of hydrogen-bond acceptors (Lipinski definition) is 4. The van der Waals surface area contributed by atoms with Crippen LogP contribution < -0.4 is 5.32 Å². The van der Waals surface area contributed by atoms with Gasteiger partial charge < -0.3 is 15.0 Å². The molecule has 1 N–H and O–H groups in total. The van der Waals surface area contributed by atoms with Crippen molar-refractivity contribution in [2.24, 2.45) is 5.92 Å². The summed E-state index contributed by atoms with van der Waals surface area (Å²) in [4.78, 5) is 13.8. The van der Waals surface area contributed by atoms with E-state index in [1.54, 1.807) is 0 Å². The Morgan fingerprint density at radius 3 is 2.86 bits per heavy atom. The first-order valence-corrected chi connectivity index (χ1v) is 5.21. The molecular weight excluding hydrogens is 180 g/mol. The van der Waals surface area contributed by atoms with Gasteiger partial charge in [0.05, 0.1) is 6.61 Å². The Bertz CT molecular complexity index is 197. The van der Waals surface area contributed by atoms with Gasteiger partial charge in [-0.05, 0) is 39.9 Å². The normalized spacial score (nSPS) is 24.9. The van der Waals surface area contributed by atoms with E-state index in [4.69, 9.17) is 4.74 Å². The number of rotatable bonds is 4. The Morgan fingerprint density at radius 2 is 2.43 bits per heavy atom. The topological polar surface area (TPSA) is 41.6 Å². The Kier molecular flexibility index (Phi) is 4.35. The Balaban J connectivity index is 2.49. The SMILES string of the molecule is CCOC(=O)C(NC)C1CCN(C)C1. The highest BCUT2D eigenvalue weighted by Gasteiger charge is 2.32. The van der Waals surface area contributed by atoms with Crippen molar-refractivity contribution in [1.82, 2.24) is 10.2 Å². The van der Waals surface area contributed by atoms with Gasteiger partial charge in [-0.1, -0.05) is 0 Å². The molecule has 0 bridgehead atoms. The highest BCUT2D eigenvalue weighted by molar-refractivity contribution is 5.76. The van der Waals surface area contributed by atoms with E-state index in [2.05, 4.69) is 17.3 Å². The predicted octanol–water partition coefficient (Wildman–Crippen LogP) is 0.0892. The molecule has 4 nitrogen and oxygen atoms in total. The molecule has 0 amide bonds. The smallest absolute Gasteiger partial charge is 0.323 e. The zero-order valence-electron chi connectivity index (χ0n) is 9.25. The number of nitrogens with zero attached hydrogens (tertiary/aromatic N) is 1. The van der Waals surface area contributed by atoms with Crippen LogP contribution in [0.15, 0.2) is 0 Å². The van der Waals surface area contributed by atoms with Crippen molar-refractivity contribution in [2.75, 3.05) is 33.8 Å². The Labute approximate surface area is 85.6 Å². The molecule has 0 aliphatic carbocycles. The molecule has 4 heteroatoms. The first-order chi connectivity index (χ1) is 6.69. The summed E-state index contributed by atoms with van der Waals surface area (Å²) in [7, 11) is 3.90. The van der Waals surface area contributed by atoms with Crippen LogP contribution in [0.5, 0.6) is 0 Å². The summed E-state index contributed by atoms with van der Waals surface area (Å²) in [6, 6.07) is -0.139. The number of carbonyl (C=O) groups excluding carboxylic acids is 1. The van der Waals surface area contributed by atoms with Crippen LogP contribution in [0.2, 0.25) is 0 Å². The minimum atomic E-state index is -0.139. The van der Waals surface area contributed by atoms with Gasteiger partial charge in [0.25, 0.3) is 0 Å². The van der Waals surface area contributed by atoms with Crippen LogP contribution in [-0.2, 0) is 9.53 Å². The molecule has 1 heterocycles. The van der Waals surface area contributed by atoms with Crippen molar-refractivity contribution in [3.05, 3.63) is 0 Å². The van der Waals surface area contributed by atoms with Crippen LogP contribution in [0.25, 0.3) is 0 Å². The van der Waals surface area contributed by atoms with Crippen LogP contribution in [0.3, 0.4) is 0 Å². The number of hydrogen-bond donors (Lipinski definition) is 1. The summed E-state index contributed by atoms with van der Waals surface area (Å²) in [6.07, 6.45) is 1.07. The lowest BCUT2D eigenvalue weighted by Crippen LogP contribution is -2.42. The molecule has 14 heavy (non-hydrogen) atoms. The third kappa shape index (κ3) is 2.69. The molecule has 1 fully saturated rings. The summed E-state index contributed by atoms with van der Waals surface area (Å²) in [5, 5.41) is 3.05. The first kappa shape index (κ1) is 11.5. The molecule has 0 aromatic rings. The van der Waals surface area contributed by atoms with E-state index in [9.17, 15) is 4.79 Å². The average Bonchev–Trinajstić information content (AvgIpc) is 2.54. The van der Waals surface area contributed by atoms with Gasteiger partial charge in [0, 0.05) is 6.54 Å². The van der Waals surface area contributed by atoms with Crippen LogP contribution in [0.4, 0.5) is 0 Å². The monoisotopic (exact) mass is 200 g/mol. The molecule has 0 aromatic carbocycles. The van der Waals surface area contributed by atoms with Crippen molar-refractivity contribution < 1.29 is 9.53 Å². The lowest BCUT2D eigenvalue weighted by molar-refractivity contribution is -0.146. The zero-order chi connectivity index (χ0) is 10.6. The second kappa shape index (κ2) is 5.32. The molecular formula is C10H20N2O2. The van der Waals surface area contributed by atoms with E-state index >= 15 is 0 Å². The Morgan fingerprint density at radius 1 is 1.71 bits per heavy atom. The van der Waals surface area contributed by atoms with Gasteiger partial charge in [0.2, 0.25) is 0 Å². The fourth-order valence-electron chi connectivity index (χ4n) is 2.02. The van der Waals surface area contributed by atoms with Crippen LogP contribution in [0.1, 0.15) is 13.3 Å². The second-order valence-electron chi connectivity index (χ2n) is 3.83. The summed E-state index contributed by atoms with van der Waals surface area (Å²) >= 11 is 0. The van der Waals surface area contributed by atoms with E-state index in [1.165, 1.54) is 0 Å². The first-order valence-electron chi connectivity index (χ1n) is 5.21. The number of ether oxygens (including phenoxy) is 1. The van der Waals surface area contributed by atoms with Gasteiger partial charge >= 0.3 is 5.97 Å². The van der Waals surface area contributed by atoms with Gasteiger partial charge in [0.1, 0.15) is 6.04 Å². The lowest BCUT2D eigenvalue weighted by Gasteiger charge is -2.20. The standard InChI is InChI=1S/C10H20N2O2/c1-4-14-10(13)9(11-2)8-5-6-12(3)7-8/h8-9,11H,4-7H2,1-3H3. The maximum Gasteiger partial charge on any atom is 0.323 e. The highest BCUT2D eigenvalue weighted by Crippen LogP contribution is 2.18. The minimum absolute atomic E-state index is 0.115. The largest absolute Gasteiger partial charge is 0.465 e. The third-order valence-electron chi connectivity index (χ3n) is 2.75. The van der Waals surface area contributed by atoms with Crippen molar-refractivity contribution in [3.63, 3.8) is 0 Å². The zero-order valence-corrected chi connectivity index (χ0v) is 9.25. The molecule has 0 saturated carbocycles. The van der Waals surface area contributed by atoms with Gasteiger partial charge in [-0.25, -0.2) is 0 Å². The molecule has 1 rings (SSSR count). The maximum atomic E-state index is 11.6. The number of likely N-dealkylation sites (tertiary alicyclic amines) is 1. The molecule has 0 spiro atoms. The van der Waals surface area contributed by atoms with Gasteiger partial charge in [-0.3, -0.25) is 4.79 Å². The second-order valence-corrected chi connectivity index (χ2v) is 3.83. The molecule has 82 valence electrons. The van der Waals surface area contributed by atoms with E-state index < -0.39 is 0 Å². The molecule has 1 aliphatic heterocycles. The fraction of sp³-hybridized carbons (Fsp3) is 0.900. The maximum absolute atomic E-state index is 11.6. The van der Waals surface area contributed by atoms with E-state index in [-0.39, 0.29) is 12.0 Å². The number of nitrogens with one attached hydrogen (secondary N) is 1. The highest BCUT2D eigenvalue weighted by atomic mass is 16.5. The van der Waals surface area contributed by atoms with Crippen molar-refractivity contribution >= 4 is 5.97 Å². The molecule has 0 aromatic heterocycles. The number of carbonyl (C=O) groups is 1. The van der Waals surface area contributed by atoms with E-state index in [1.807, 2.05) is 14.0 Å². The van der Waals surface area contributed by atoms with Crippen LogP contribution in [-0.4, -0.2) is 50.7 Å². The molecule has 2 atom stereocenters. The number of esters is 1. The summed E-state index contributed by atoms with van der Waals surface area (Å²) in [6.45, 7) is 4.34. The summed E-state index contributed by atoms with van der Waals surface area (Å²) in [5.74, 6) is 0.277. The fourth-order valence-corrected chi connectivity index (χ4v) is 2.02. The van der Waals surface area contributed by atoms with Gasteiger partial charge in [-0.2, -0.15) is 0 Å². The molecule has 0 radical (unpaired) electrons. The van der Waals surface area contributed by atoms with Crippen molar-refractivity contribution in [1.29, 1.82) is 0 Å². The number of likely N-dealkylation sites (N-methyl/N-ethyl adjacent to an activating group) is 1. The third-order valence-corrected chi connectivity index (χ3v) is 2.75. The lowest BCUT2D eigenvalue weighted by atomic mass is 9.99. The van der Waals surface area contributed by atoms with Crippen LogP contribution >= 0.6 is 0 Å². The average molecular weight is 200 g/mol.